The Balaban J connectivity index is 2.01. The van der Waals surface area contributed by atoms with Crippen LogP contribution in [0.1, 0.15) is 18.4 Å². The Morgan fingerprint density at radius 1 is 1.23 bits per heavy atom. The topological polar surface area (TPSA) is 80.5 Å². The molecule has 1 aliphatic heterocycles. The molecule has 2 rings (SSSR count). The number of likely N-dealkylation sites (tertiary alicyclic amines) is 1. The first kappa shape index (κ1) is 16.8. The molecule has 1 heterocycles. The van der Waals surface area contributed by atoms with Gasteiger partial charge in [0.25, 0.3) is 0 Å². The van der Waals surface area contributed by atoms with Crippen molar-refractivity contribution in [3.8, 4) is 0 Å². The Bertz CT molecular complexity index is 624. The molecule has 1 aromatic rings. The Morgan fingerprint density at radius 3 is 2.27 bits per heavy atom. The Morgan fingerprint density at radius 2 is 1.77 bits per heavy atom. The van der Waals surface area contributed by atoms with Crippen LogP contribution in [-0.4, -0.2) is 44.1 Å². The minimum atomic E-state index is -4.59. The van der Waals surface area contributed by atoms with E-state index in [1.54, 1.807) is 4.90 Å². The molecule has 2 N–H and O–H groups in total. The van der Waals surface area contributed by atoms with Crippen LogP contribution >= 0.6 is 0 Å². The number of carbonyl (C=O) groups is 1. The van der Waals surface area contributed by atoms with Crippen molar-refractivity contribution in [2.45, 2.75) is 36.0 Å². The average Bonchev–Trinajstić information content (AvgIpc) is 2.48. The Hall–Kier alpha value is -1.54. The van der Waals surface area contributed by atoms with E-state index < -0.39 is 20.5 Å². The van der Waals surface area contributed by atoms with Gasteiger partial charge >= 0.3 is 5.76 Å². The molecular weight excluding hydrogens is 314 g/mol. The lowest BCUT2D eigenvalue weighted by Crippen LogP contribution is -2.43. The van der Waals surface area contributed by atoms with Crippen molar-refractivity contribution in [3.63, 3.8) is 0 Å². The van der Waals surface area contributed by atoms with Gasteiger partial charge in [-0.25, -0.2) is 8.42 Å². The number of hydrogen-bond donors (Lipinski definition) is 1. The maximum atomic E-state index is 12.4. The third-order valence-corrected chi connectivity index (χ3v) is 5.13. The second-order valence-corrected chi connectivity index (χ2v) is 7.26. The second-order valence-electron chi connectivity index (χ2n) is 5.34. The van der Waals surface area contributed by atoms with E-state index in [1.807, 2.05) is 0 Å². The summed E-state index contributed by atoms with van der Waals surface area (Å²) >= 11 is 0. The number of hydrogen-bond acceptors (Lipinski definition) is 4. The van der Waals surface area contributed by atoms with Crippen molar-refractivity contribution >= 4 is 15.7 Å². The summed E-state index contributed by atoms with van der Waals surface area (Å²) in [7, 11) is -4.59. The molecule has 8 heteroatoms. The third kappa shape index (κ3) is 3.80. The highest BCUT2D eigenvalue weighted by atomic mass is 32.2. The monoisotopic (exact) mass is 332 g/mol. The van der Waals surface area contributed by atoms with Gasteiger partial charge < -0.3 is 10.6 Å². The number of carbonyl (C=O) groups excluding carboxylic acids is 1. The summed E-state index contributed by atoms with van der Waals surface area (Å²) in [5, 5.41) is 0. The largest absolute Gasteiger partial charge is 0.342 e. The number of halogens is 2. The fourth-order valence-corrected chi connectivity index (χ4v) is 3.06. The van der Waals surface area contributed by atoms with Crippen LogP contribution < -0.4 is 5.73 Å². The highest BCUT2D eigenvalue weighted by molar-refractivity contribution is 7.91. The van der Waals surface area contributed by atoms with E-state index in [1.165, 1.54) is 12.1 Å². The van der Waals surface area contributed by atoms with Crippen molar-refractivity contribution in [2.75, 3.05) is 13.1 Å². The predicted molar refractivity (Wildman–Crippen MR) is 77.1 cm³/mol. The van der Waals surface area contributed by atoms with E-state index in [0.29, 0.717) is 18.7 Å². The number of amides is 1. The van der Waals surface area contributed by atoms with Gasteiger partial charge in [0.15, 0.2) is 0 Å². The maximum absolute atomic E-state index is 12.4. The smallest absolute Gasteiger partial charge is 0.341 e. The molecule has 0 bridgehead atoms. The van der Waals surface area contributed by atoms with E-state index in [2.05, 4.69) is 0 Å². The summed E-state index contributed by atoms with van der Waals surface area (Å²) in [6, 6.07) is 5.13. The van der Waals surface area contributed by atoms with Crippen LogP contribution in [0.15, 0.2) is 29.2 Å². The highest BCUT2D eigenvalue weighted by Crippen LogP contribution is 2.19. The number of nitrogens with two attached hydrogens (primary N) is 1. The molecule has 22 heavy (non-hydrogen) atoms. The first-order valence-corrected chi connectivity index (χ1v) is 8.49. The second kappa shape index (κ2) is 6.70. The molecule has 1 amide bonds. The van der Waals surface area contributed by atoms with Crippen molar-refractivity contribution in [1.29, 1.82) is 0 Å². The number of alkyl halides is 2. The number of piperidine rings is 1. The quantitative estimate of drug-likeness (QED) is 0.898. The lowest BCUT2D eigenvalue weighted by molar-refractivity contribution is -0.131. The van der Waals surface area contributed by atoms with E-state index in [4.69, 9.17) is 5.73 Å². The van der Waals surface area contributed by atoms with Crippen molar-refractivity contribution in [3.05, 3.63) is 29.8 Å². The lowest BCUT2D eigenvalue weighted by atomic mass is 10.0. The zero-order valence-corrected chi connectivity index (χ0v) is 12.7. The van der Waals surface area contributed by atoms with Gasteiger partial charge in [0.2, 0.25) is 15.7 Å². The molecule has 0 atom stereocenters. The van der Waals surface area contributed by atoms with Gasteiger partial charge in [-0.3, -0.25) is 4.79 Å². The van der Waals surface area contributed by atoms with Crippen LogP contribution in [0.4, 0.5) is 8.78 Å². The predicted octanol–water partition coefficient (Wildman–Crippen LogP) is 1.18. The van der Waals surface area contributed by atoms with Gasteiger partial charge in [0.1, 0.15) is 0 Å². The molecule has 0 radical (unpaired) electrons. The Labute approximate surface area is 128 Å². The molecule has 0 aliphatic carbocycles. The molecule has 1 aromatic carbocycles. The normalized spacial score (nSPS) is 17.0. The first-order chi connectivity index (χ1) is 10.3. The molecule has 1 fully saturated rings. The van der Waals surface area contributed by atoms with Crippen LogP contribution in [0.5, 0.6) is 0 Å². The minimum Gasteiger partial charge on any atom is -0.342 e. The molecular formula is C14H18F2N2O3S. The molecule has 0 saturated carbocycles. The molecule has 1 aliphatic rings. The van der Waals surface area contributed by atoms with Crippen molar-refractivity contribution in [1.82, 2.24) is 4.90 Å². The van der Waals surface area contributed by atoms with Crippen LogP contribution in [0.25, 0.3) is 0 Å². The Kier molecular flexibility index (Phi) is 5.12. The summed E-state index contributed by atoms with van der Waals surface area (Å²) in [6.45, 7) is 1.22. The number of benzene rings is 1. The van der Waals surface area contributed by atoms with Crippen LogP contribution in [0, 0.1) is 0 Å². The van der Waals surface area contributed by atoms with E-state index in [0.717, 1.165) is 25.0 Å². The average molecular weight is 332 g/mol. The minimum absolute atomic E-state index is 0.0728. The van der Waals surface area contributed by atoms with Gasteiger partial charge in [-0.2, -0.15) is 8.78 Å². The van der Waals surface area contributed by atoms with Crippen LogP contribution in [0.2, 0.25) is 0 Å². The summed E-state index contributed by atoms with van der Waals surface area (Å²) < 4.78 is 47.5. The first-order valence-electron chi connectivity index (χ1n) is 6.95. The van der Waals surface area contributed by atoms with Crippen LogP contribution in [-0.2, 0) is 21.1 Å². The zero-order chi connectivity index (χ0) is 16.3. The summed E-state index contributed by atoms with van der Waals surface area (Å²) in [6.07, 6.45) is 1.64. The van der Waals surface area contributed by atoms with Gasteiger partial charge in [0, 0.05) is 19.1 Å². The molecule has 0 spiro atoms. The molecule has 122 valence electrons. The molecule has 0 unspecified atom stereocenters. The summed E-state index contributed by atoms with van der Waals surface area (Å²) in [5.74, 6) is -3.52. The van der Waals surface area contributed by atoms with Crippen molar-refractivity contribution < 1.29 is 22.0 Å². The van der Waals surface area contributed by atoms with Crippen LogP contribution in [0.3, 0.4) is 0 Å². The summed E-state index contributed by atoms with van der Waals surface area (Å²) in [4.78, 5) is 13.4. The number of nitrogens with zero attached hydrogens (tertiary/aromatic N) is 1. The van der Waals surface area contributed by atoms with Gasteiger partial charge in [-0.15, -0.1) is 0 Å². The fourth-order valence-electron chi connectivity index (χ4n) is 2.34. The van der Waals surface area contributed by atoms with E-state index >= 15 is 0 Å². The van der Waals surface area contributed by atoms with Gasteiger partial charge in [-0.05, 0) is 30.5 Å². The SMILES string of the molecule is NC1CCN(C(=O)Cc2ccc(S(=O)(=O)C(F)F)cc2)CC1. The lowest BCUT2D eigenvalue weighted by Gasteiger charge is -2.30. The van der Waals surface area contributed by atoms with Crippen molar-refractivity contribution in [2.24, 2.45) is 5.73 Å². The molecule has 5 nitrogen and oxygen atoms in total. The molecule has 0 aromatic heterocycles. The van der Waals surface area contributed by atoms with Gasteiger partial charge in [-0.1, -0.05) is 12.1 Å². The number of rotatable bonds is 4. The van der Waals surface area contributed by atoms with E-state index in [9.17, 15) is 22.0 Å². The third-order valence-electron chi connectivity index (χ3n) is 3.73. The molecule has 1 saturated heterocycles. The van der Waals surface area contributed by atoms with Gasteiger partial charge in [0.05, 0.1) is 11.3 Å². The standard InChI is InChI=1S/C14H18F2N2O3S/c15-14(16)22(20,21)12-3-1-10(2-4-12)9-13(19)18-7-5-11(17)6-8-18/h1-4,11,14H,5-9,17H2. The fraction of sp³-hybridized carbons (Fsp3) is 0.500. The zero-order valence-electron chi connectivity index (χ0n) is 11.9. The van der Waals surface area contributed by atoms with E-state index in [-0.39, 0.29) is 18.4 Å². The highest BCUT2D eigenvalue weighted by Gasteiger charge is 2.26. The number of sulfone groups is 1. The maximum Gasteiger partial charge on any atom is 0.341 e. The summed E-state index contributed by atoms with van der Waals surface area (Å²) in [5.41, 5.74) is 6.37.